The van der Waals surface area contributed by atoms with Crippen molar-refractivity contribution in [3.05, 3.63) is 107 Å². The number of hydrogen-bond acceptors (Lipinski definition) is 6. The van der Waals surface area contributed by atoms with Gasteiger partial charge in [0.1, 0.15) is 6.04 Å². The second-order valence-electron chi connectivity index (χ2n) is 10.8. The number of carbonyl (C=O) groups is 5. The van der Waals surface area contributed by atoms with Crippen LogP contribution in [0.15, 0.2) is 91.0 Å². The van der Waals surface area contributed by atoms with Crippen LogP contribution in [0.2, 0.25) is 0 Å². The Bertz CT molecular complexity index is 1610. The predicted octanol–water partition coefficient (Wildman–Crippen LogP) is 3.53. The van der Waals surface area contributed by atoms with Gasteiger partial charge in [-0.25, -0.2) is 0 Å². The molecule has 0 radical (unpaired) electrons. The zero-order chi connectivity index (χ0) is 30.9. The lowest BCUT2D eigenvalue weighted by molar-refractivity contribution is -0.141. The molecule has 3 aromatic carbocycles. The molecule has 44 heavy (non-hydrogen) atoms. The molecule has 1 aromatic heterocycles. The summed E-state index contributed by atoms with van der Waals surface area (Å²) in [7, 11) is 0. The lowest BCUT2D eigenvalue weighted by atomic mass is 9.89. The number of ketones is 1. The first kappa shape index (κ1) is 30.6. The normalized spacial score (nSPS) is 15.9. The maximum atomic E-state index is 13.8. The first-order chi connectivity index (χ1) is 21.4. The molecule has 1 saturated heterocycles. The van der Waals surface area contributed by atoms with E-state index in [1.807, 2.05) is 84.9 Å². The number of piperidine rings is 1. The van der Waals surface area contributed by atoms with E-state index < -0.39 is 41.5 Å². The molecule has 226 valence electrons. The SMILES string of the molecule is O=C(NCc1ccccc1)C(=O)C(C[C@@H]1CCCNC1=O)NC(=O)[C@H](Cc1ccccc1)NC(=O)c1cc2ccccc2s1. The van der Waals surface area contributed by atoms with E-state index in [1.54, 1.807) is 6.07 Å². The first-order valence-corrected chi connectivity index (χ1v) is 15.5. The highest BCUT2D eigenvalue weighted by molar-refractivity contribution is 7.20. The summed E-state index contributed by atoms with van der Waals surface area (Å²) in [6, 6.07) is 25.5. The standard InChI is InChI=1S/C34H34N4O5S/c39-30(34(43)36-21-23-12-5-2-6-13-23)26(19-25-15-9-17-35-31(25)40)37-32(41)27(18-22-10-3-1-4-11-22)38-33(42)29-20-24-14-7-8-16-28(24)44-29/h1-8,10-14,16,20,25-27H,9,15,17-19,21H2,(H,35,40)(H,36,43)(H,37,41)(H,38,42)/t25-,26?,27-/m0/s1. The van der Waals surface area contributed by atoms with Crippen LogP contribution in [0.3, 0.4) is 0 Å². The fraction of sp³-hybridized carbons (Fsp3) is 0.265. The largest absolute Gasteiger partial charge is 0.356 e. The highest BCUT2D eigenvalue weighted by atomic mass is 32.1. The Labute approximate surface area is 259 Å². The van der Waals surface area contributed by atoms with E-state index in [0.717, 1.165) is 27.6 Å². The minimum atomic E-state index is -1.26. The molecule has 9 nitrogen and oxygen atoms in total. The minimum Gasteiger partial charge on any atom is -0.356 e. The number of rotatable bonds is 12. The van der Waals surface area contributed by atoms with Crippen molar-refractivity contribution in [2.75, 3.05) is 6.54 Å². The number of fused-ring (bicyclic) bond motifs is 1. The number of hydrogen-bond donors (Lipinski definition) is 4. The van der Waals surface area contributed by atoms with Gasteiger partial charge < -0.3 is 21.3 Å². The second-order valence-corrected chi connectivity index (χ2v) is 11.9. The van der Waals surface area contributed by atoms with E-state index in [2.05, 4.69) is 21.3 Å². The fourth-order valence-electron chi connectivity index (χ4n) is 5.25. The molecular formula is C34H34N4O5S. The van der Waals surface area contributed by atoms with Crippen LogP contribution in [-0.4, -0.2) is 48.0 Å². The Morgan fingerprint density at radius 2 is 1.52 bits per heavy atom. The summed E-state index contributed by atoms with van der Waals surface area (Å²) in [6.45, 7) is 0.679. The molecule has 1 aliphatic heterocycles. The quantitative estimate of drug-likeness (QED) is 0.182. The van der Waals surface area contributed by atoms with Gasteiger partial charge in [-0.2, -0.15) is 0 Å². The summed E-state index contributed by atoms with van der Waals surface area (Å²) in [5.74, 6) is -3.50. The van der Waals surface area contributed by atoms with E-state index >= 15 is 0 Å². The number of benzene rings is 3. The van der Waals surface area contributed by atoms with Crippen molar-refractivity contribution >= 4 is 50.8 Å². The molecule has 0 bridgehead atoms. The summed E-state index contributed by atoms with van der Waals surface area (Å²) in [6.07, 6.45) is 1.40. The molecule has 0 saturated carbocycles. The fourth-order valence-corrected chi connectivity index (χ4v) is 6.22. The molecule has 0 spiro atoms. The third kappa shape index (κ3) is 7.96. The maximum absolute atomic E-state index is 13.8. The number of amides is 4. The minimum absolute atomic E-state index is 0.0303. The smallest absolute Gasteiger partial charge is 0.289 e. The first-order valence-electron chi connectivity index (χ1n) is 14.6. The van der Waals surface area contributed by atoms with Crippen molar-refractivity contribution < 1.29 is 24.0 Å². The zero-order valence-electron chi connectivity index (χ0n) is 24.1. The van der Waals surface area contributed by atoms with Crippen LogP contribution in [0, 0.1) is 5.92 Å². The van der Waals surface area contributed by atoms with Gasteiger partial charge in [0.2, 0.25) is 17.6 Å². The van der Waals surface area contributed by atoms with Gasteiger partial charge >= 0.3 is 0 Å². The second kappa shape index (κ2) is 14.6. The lowest BCUT2D eigenvalue weighted by Crippen LogP contribution is -2.55. The van der Waals surface area contributed by atoms with Gasteiger partial charge in [-0.3, -0.25) is 24.0 Å². The molecule has 4 aromatic rings. The van der Waals surface area contributed by atoms with Crippen molar-refractivity contribution in [1.82, 2.24) is 21.3 Å². The topological polar surface area (TPSA) is 133 Å². The van der Waals surface area contributed by atoms with E-state index in [-0.39, 0.29) is 25.3 Å². The van der Waals surface area contributed by atoms with Crippen LogP contribution in [0.1, 0.15) is 40.1 Å². The van der Waals surface area contributed by atoms with E-state index in [9.17, 15) is 24.0 Å². The molecule has 0 aliphatic carbocycles. The summed E-state index contributed by atoms with van der Waals surface area (Å²) < 4.78 is 0.944. The Morgan fingerprint density at radius 1 is 0.841 bits per heavy atom. The number of nitrogens with one attached hydrogen (secondary N) is 4. The number of thiophene rings is 1. The Morgan fingerprint density at radius 3 is 2.23 bits per heavy atom. The zero-order valence-corrected chi connectivity index (χ0v) is 24.9. The molecule has 1 fully saturated rings. The van der Waals surface area contributed by atoms with Gasteiger partial charge in [0.25, 0.3) is 11.8 Å². The monoisotopic (exact) mass is 610 g/mol. The molecule has 5 rings (SSSR count). The summed E-state index contributed by atoms with van der Waals surface area (Å²) in [5.41, 5.74) is 1.62. The van der Waals surface area contributed by atoms with Crippen molar-refractivity contribution in [3.63, 3.8) is 0 Å². The van der Waals surface area contributed by atoms with Crippen molar-refractivity contribution in [3.8, 4) is 0 Å². The van der Waals surface area contributed by atoms with Crippen molar-refractivity contribution in [2.24, 2.45) is 5.92 Å². The third-order valence-electron chi connectivity index (χ3n) is 7.63. The summed E-state index contributed by atoms with van der Waals surface area (Å²) in [4.78, 5) is 66.7. The van der Waals surface area contributed by atoms with Crippen LogP contribution in [-0.2, 0) is 32.1 Å². The highest BCUT2D eigenvalue weighted by Gasteiger charge is 2.35. The number of carbonyl (C=O) groups excluding carboxylic acids is 5. The average Bonchev–Trinajstić information content (AvgIpc) is 3.49. The van der Waals surface area contributed by atoms with Gasteiger partial charge in [-0.05, 0) is 47.9 Å². The van der Waals surface area contributed by atoms with Gasteiger partial charge in [-0.15, -0.1) is 11.3 Å². The molecule has 10 heteroatoms. The summed E-state index contributed by atoms with van der Waals surface area (Å²) >= 11 is 1.32. The third-order valence-corrected chi connectivity index (χ3v) is 8.74. The summed E-state index contributed by atoms with van der Waals surface area (Å²) in [5, 5.41) is 11.9. The Kier molecular flexibility index (Phi) is 10.1. The highest BCUT2D eigenvalue weighted by Crippen LogP contribution is 2.25. The lowest BCUT2D eigenvalue weighted by Gasteiger charge is -2.27. The predicted molar refractivity (Wildman–Crippen MR) is 169 cm³/mol. The molecular weight excluding hydrogens is 576 g/mol. The maximum Gasteiger partial charge on any atom is 0.289 e. The molecule has 2 heterocycles. The van der Waals surface area contributed by atoms with E-state index in [1.165, 1.54) is 11.3 Å². The molecule has 1 aliphatic rings. The van der Waals surface area contributed by atoms with Crippen LogP contribution in [0.25, 0.3) is 10.1 Å². The van der Waals surface area contributed by atoms with Crippen molar-refractivity contribution in [2.45, 2.75) is 44.3 Å². The van der Waals surface area contributed by atoms with E-state index in [4.69, 9.17) is 0 Å². The molecule has 1 unspecified atom stereocenters. The van der Waals surface area contributed by atoms with Gasteiger partial charge in [0, 0.05) is 30.1 Å². The molecule has 4 amide bonds. The number of Topliss-reactive ketones (excluding diaryl/α,β-unsaturated/α-hetero) is 1. The van der Waals surface area contributed by atoms with Crippen LogP contribution in [0.5, 0.6) is 0 Å². The van der Waals surface area contributed by atoms with Gasteiger partial charge in [-0.1, -0.05) is 78.9 Å². The molecule has 3 atom stereocenters. The van der Waals surface area contributed by atoms with Crippen LogP contribution >= 0.6 is 11.3 Å². The van der Waals surface area contributed by atoms with E-state index in [0.29, 0.717) is 17.8 Å². The molecule has 4 N–H and O–H groups in total. The van der Waals surface area contributed by atoms with Gasteiger partial charge in [0.15, 0.2) is 0 Å². The van der Waals surface area contributed by atoms with Crippen molar-refractivity contribution in [1.29, 1.82) is 0 Å². The average molecular weight is 611 g/mol. The van der Waals surface area contributed by atoms with Gasteiger partial charge in [0.05, 0.1) is 10.9 Å². The van der Waals surface area contributed by atoms with Crippen LogP contribution in [0.4, 0.5) is 0 Å². The van der Waals surface area contributed by atoms with Crippen LogP contribution < -0.4 is 21.3 Å². The Hall–Kier alpha value is -4.83. The Balaban J connectivity index is 1.35.